The van der Waals surface area contributed by atoms with Crippen molar-refractivity contribution in [3.8, 4) is 0 Å². The molecule has 1 saturated heterocycles. The molecule has 3 aromatic carbocycles. The summed E-state index contributed by atoms with van der Waals surface area (Å²) in [6.45, 7) is 1.63. The van der Waals surface area contributed by atoms with E-state index in [0.717, 1.165) is 18.5 Å². The Balaban J connectivity index is 0.000000257. The lowest BCUT2D eigenvalue weighted by molar-refractivity contribution is -0.166. The summed E-state index contributed by atoms with van der Waals surface area (Å²) in [5, 5.41) is 18.5. The van der Waals surface area contributed by atoms with Gasteiger partial charge in [0.2, 0.25) is 12.2 Å². The van der Waals surface area contributed by atoms with Crippen molar-refractivity contribution < 1.29 is 52.8 Å². The molecule has 4 atom stereocenters. The molecule has 0 aliphatic carbocycles. The number of carboxylic acid groups (broad SMARTS) is 2. The molecule has 1 aliphatic heterocycles. The SMILES string of the molecule is COC(=O)C1CN(C)CCC1c1ccc(F)cc1.O=C(O[C@@H](C(=O)O)[C@@H](OC(=O)c1ccccc1)C(=O)O)c1ccccc1. The van der Waals surface area contributed by atoms with Crippen LogP contribution in [0.1, 0.15) is 38.6 Å². The van der Waals surface area contributed by atoms with Crippen LogP contribution in [0.5, 0.6) is 0 Å². The van der Waals surface area contributed by atoms with Gasteiger partial charge in [0.15, 0.2) is 0 Å². The number of rotatable bonds is 9. The quantitative estimate of drug-likeness (QED) is 0.270. The molecule has 12 heteroatoms. The van der Waals surface area contributed by atoms with Gasteiger partial charge in [0.25, 0.3) is 0 Å². The second-order valence-electron chi connectivity index (χ2n) is 9.90. The average Bonchev–Trinajstić information content (AvgIpc) is 3.03. The van der Waals surface area contributed by atoms with E-state index in [0.29, 0.717) is 6.54 Å². The van der Waals surface area contributed by atoms with Gasteiger partial charge in [-0.3, -0.25) is 4.79 Å². The lowest BCUT2D eigenvalue weighted by atomic mass is 9.80. The van der Waals surface area contributed by atoms with Gasteiger partial charge in [-0.05, 0) is 67.9 Å². The van der Waals surface area contributed by atoms with Gasteiger partial charge in [-0.1, -0.05) is 48.5 Å². The first-order chi connectivity index (χ1) is 21.0. The number of benzene rings is 3. The number of carboxylic acids is 2. The Morgan fingerprint density at radius 3 is 1.64 bits per heavy atom. The fourth-order valence-corrected chi connectivity index (χ4v) is 4.61. The summed E-state index contributed by atoms with van der Waals surface area (Å²) in [6.07, 6.45) is -3.54. The van der Waals surface area contributed by atoms with Crippen LogP contribution in [0.2, 0.25) is 0 Å². The van der Waals surface area contributed by atoms with Crippen molar-refractivity contribution in [2.45, 2.75) is 24.5 Å². The Morgan fingerprint density at radius 2 is 1.23 bits per heavy atom. The zero-order valence-corrected chi connectivity index (χ0v) is 24.0. The third-order valence-corrected chi connectivity index (χ3v) is 6.87. The Labute approximate surface area is 252 Å². The summed E-state index contributed by atoms with van der Waals surface area (Å²) in [5.41, 5.74) is 1.06. The summed E-state index contributed by atoms with van der Waals surface area (Å²) in [5.74, 6) is -6.12. The van der Waals surface area contributed by atoms with Gasteiger partial charge < -0.3 is 29.3 Å². The molecule has 3 aromatic rings. The minimum Gasteiger partial charge on any atom is -0.478 e. The second-order valence-corrected chi connectivity index (χ2v) is 9.90. The maximum absolute atomic E-state index is 12.9. The molecule has 4 rings (SSSR count). The monoisotopic (exact) mass is 609 g/mol. The molecule has 1 fully saturated rings. The largest absolute Gasteiger partial charge is 0.478 e. The van der Waals surface area contributed by atoms with E-state index in [-0.39, 0.29) is 34.7 Å². The van der Waals surface area contributed by atoms with Crippen LogP contribution in [0.15, 0.2) is 84.9 Å². The maximum atomic E-state index is 12.9. The van der Waals surface area contributed by atoms with E-state index >= 15 is 0 Å². The van der Waals surface area contributed by atoms with Crippen LogP contribution in [0, 0.1) is 11.7 Å². The lowest BCUT2D eigenvalue weighted by Gasteiger charge is -2.35. The smallest absolute Gasteiger partial charge is 0.349 e. The van der Waals surface area contributed by atoms with E-state index in [2.05, 4.69) is 4.90 Å². The molecule has 0 amide bonds. The molecule has 232 valence electrons. The molecule has 2 N–H and O–H groups in total. The zero-order chi connectivity index (χ0) is 32.2. The minimum absolute atomic E-state index is 0.0253. The standard InChI is InChI=1S/C18H14O8.C14H18FNO2/c19-15(20)13(25-17(23)11-7-3-1-4-8-11)14(16(21)22)26-18(24)12-9-5-2-6-10-12;1-16-8-7-12(13(9-16)14(17)18-2)10-3-5-11(15)6-4-10/h1-10,13-14H,(H,19,20)(H,21,22);3-6,12-13H,7-9H2,1-2H3/t13-,14-;/m1./s1. The van der Waals surface area contributed by atoms with E-state index in [9.17, 15) is 38.6 Å². The predicted molar refractivity (Wildman–Crippen MR) is 153 cm³/mol. The van der Waals surface area contributed by atoms with Crippen molar-refractivity contribution in [1.29, 1.82) is 0 Å². The summed E-state index contributed by atoms with van der Waals surface area (Å²) in [6, 6.07) is 21.3. The summed E-state index contributed by atoms with van der Waals surface area (Å²) in [4.78, 5) is 60.8. The van der Waals surface area contributed by atoms with Gasteiger partial charge in [-0.15, -0.1) is 0 Å². The molecule has 0 aromatic heterocycles. The zero-order valence-electron chi connectivity index (χ0n) is 24.0. The van der Waals surface area contributed by atoms with Gasteiger partial charge >= 0.3 is 29.8 Å². The number of piperidine rings is 1. The molecule has 0 saturated carbocycles. The third kappa shape index (κ3) is 9.20. The van der Waals surface area contributed by atoms with Gasteiger partial charge in [-0.25, -0.2) is 23.6 Å². The number of likely N-dealkylation sites (tertiary alicyclic amines) is 1. The van der Waals surface area contributed by atoms with Crippen molar-refractivity contribution in [3.63, 3.8) is 0 Å². The van der Waals surface area contributed by atoms with Crippen molar-refractivity contribution >= 4 is 29.8 Å². The molecule has 44 heavy (non-hydrogen) atoms. The highest BCUT2D eigenvalue weighted by atomic mass is 19.1. The van der Waals surface area contributed by atoms with Crippen LogP contribution in [-0.2, 0) is 28.6 Å². The van der Waals surface area contributed by atoms with E-state index in [1.165, 1.54) is 67.8 Å². The Bertz CT molecular complexity index is 1360. The molecule has 1 aliphatic rings. The topological polar surface area (TPSA) is 157 Å². The molecule has 1 heterocycles. The fraction of sp³-hybridized carbons (Fsp3) is 0.281. The van der Waals surface area contributed by atoms with E-state index < -0.39 is 36.1 Å². The van der Waals surface area contributed by atoms with Crippen LogP contribution in [0.25, 0.3) is 0 Å². The van der Waals surface area contributed by atoms with Crippen molar-refractivity contribution in [1.82, 2.24) is 4.90 Å². The number of hydrogen-bond acceptors (Lipinski definition) is 9. The molecule has 0 spiro atoms. The molecule has 0 bridgehead atoms. The Morgan fingerprint density at radius 1 is 0.773 bits per heavy atom. The lowest BCUT2D eigenvalue weighted by Crippen LogP contribution is -2.45. The maximum Gasteiger partial charge on any atom is 0.349 e. The fourth-order valence-electron chi connectivity index (χ4n) is 4.61. The first-order valence-corrected chi connectivity index (χ1v) is 13.5. The summed E-state index contributed by atoms with van der Waals surface area (Å²) < 4.78 is 27.3. The van der Waals surface area contributed by atoms with Crippen LogP contribution >= 0.6 is 0 Å². The van der Waals surface area contributed by atoms with Crippen molar-refractivity contribution in [2.75, 3.05) is 27.2 Å². The number of ether oxygens (including phenoxy) is 3. The van der Waals surface area contributed by atoms with Crippen LogP contribution < -0.4 is 0 Å². The highest BCUT2D eigenvalue weighted by molar-refractivity contribution is 5.95. The number of hydrogen-bond donors (Lipinski definition) is 2. The van der Waals surface area contributed by atoms with Crippen LogP contribution in [-0.4, -0.2) is 84.4 Å². The first-order valence-electron chi connectivity index (χ1n) is 13.5. The Hall–Kier alpha value is -5.10. The van der Waals surface area contributed by atoms with Gasteiger partial charge in [0, 0.05) is 6.54 Å². The number of methoxy groups -OCH3 is 1. The van der Waals surface area contributed by atoms with Gasteiger partial charge in [0.05, 0.1) is 24.2 Å². The van der Waals surface area contributed by atoms with Gasteiger partial charge in [0.1, 0.15) is 5.82 Å². The highest BCUT2D eigenvalue weighted by Gasteiger charge is 2.41. The second kappa shape index (κ2) is 15.9. The first kappa shape index (κ1) is 33.4. The van der Waals surface area contributed by atoms with Crippen molar-refractivity contribution in [2.24, 2.45) is 5.92 Å². The average molecular weight is 610 g/mol. The highest BCUT2D eigenvalue weighted by Crippen LogP contribution is 2.33. The molecular weight excluding hydrogens is 577 g/mol. The number of carbonyl (C=O) groups is 5. The molecule has 2 unspecified atom stereocenters. The molecule has 0 radical (unpaired) electrons. The number of esters is 3. The number of carbonyl (C=O) groups excluding carboxylic acids is 3. The van der Waals surface area contributed by atoms with Crippen LogP contribution in [0.3, 0.4) is 0 Å². The third-order valence-electron chi connectivity index (χ3n) is 6.87. The van der Waals surface area contributed by atoms with E-state index in [4.69, 9.17) is 14.2 Å². The number of halogens is 1. The van der Waals surface area contributed by atoms with Gasteiger partial charge in [-0.2, -0.15) is 0 Å². The number of nitrogens with zero attached hydrogens (tertiary/aromatic N) is 1. The van der Waals surface area contributed by atoms with E-state index in [1.807, 2.05) is 7.05 Å². The Kier molecular flexibility index (Phi) is 12.1. The minimum atomic E-state index is -2.21. The molecular formula is C32H32FNO10. The molecule has 11 nitrogen and oxygen atoms in total. The van der Waals surface area contributed by atoms with Crippen molar-refractivity contribution in [3.05, 3.63) is 107 Å². The van der Waals surface area contributed by atoms with Crippen LogP contribution in [0.4, 0.5) is 4.39 Å². The van der Waals surface area contributed by atoms with E-state index in [1.54, 1.807) is 24.3 Å². The summed E-state index contributed by atoms with van der Waals surface area (Å²) in [7, 11) is 3.41. The summed E-state index contributed by atoms with van der Waals surface area (Å²) >= 11 is 0. The normalized spacial score (nSPS) is 17.5. The predicted octanol–water partition coefficient (Wildman–Crippen LogP) is 3.64. The number of aliphatic carboxylic acids is 2.